The number of hydrogen-bond acceptors (Lipinski definition) is 1. The number of fused-ring (bicyclic) bond motifs is 1. The van der Waals surface area contributed by atoms with Crippen LogP contribution in [0.1, 0.15) is 42.7 Å². The Morgan fingerprint density at radius 3 is 2.80 bits per heavy atom. The van der Waals surface area contributed by atoms with E-state index in [1.165, 1.54) is 37.7 Å². The zero-order valence-corrected chi connectivity index (χ0v) is 9.33. The molecule has 0 aromatic heterocycles. The summed E-state index contributed by atoms with van der Waals surface area (Å²) in [5.41, 5.74) is 3.15. The van der Waals surface area contributed by atoms with E-state index in [4.69, 9.17) is 4.74 Å². The summed E-state index contributed by atoms with van der Waals surface area (Å²) in [6.45, 7) is 0. The molecule has 0 heterocycles. The molecule has 0 bridgehead atoms. The predicted molar refractivity (Wildman–Crippen MR) is 61.4 cm³/mol. The second kappa shape index (κ2) is 3.55. The molecule has 1 aromatic rings. The standard InChI is InChI=1S/C14H18O/c1-15-12-7-8-14-11(9-12)3-2-4-13(14)10-5-6-10/h7-10,13H,2-6H2,1H3. The Labute approximate surface area is 91.5 Å². The van der Waals surface area contributed by atoms with Crippen LogP contribution >= 0.6 is 0 Å². The normalized spacial score (nSPS) is 24.7. The highest BCUT2D eigenvalue weighted by atomic mass is 16.5. The van der Waals surface area contributed by atoms with Crippen molar-refractivity contribution in [2.24, 2.45) is 5.92 Å². The molecule has 2 aliphatic rings. The summed E-state index contributed by atoms with van der Waals surface area (Å²) in [4.78, 5) is 0. The van der Waals surface area contributed by atoms with Crippen molar-refractivity contribution in [3.8, 4) is 5.75 Å². The van der Waals surface area contributed by atoms with Crippen LogP contribution in [0.15, 0.2) is 18.2 Å². The first-order valence-corrected chi connectivity index (χ1v) is 6.05. The molecule has 0 N–H and O–H groups in total. The molecule has 1 aromatic carbocycles. The van der Waals surface area contributed by atoms with Crippen LogP contribution in [0.25, 0.3) is 0 Å². The largest absolute Gasteiger partial charge is 0.497 e. The summed E-state index contributed by atoms with van der Waals surface area (Å²) in [7, 11) is 1.75. The van der Waals surface area contributed by atoms with Gasteiger partial charge in [-0.15, -0.1) is 0 Å². The molecule has 0 aliphatic heterocycles. The highest BCUT2D eigenvalue weighted by Gasteiger charge is 2.34. The maximum absolute atomic E-state index is 5.29. The zero-order valence-electron chi connectivity index (χ0n) is 9.33. The van der Waals surface area contributed by atoms with Gasteiger partial charge < -0.3 is 4.74 Å². The smallest absolute Gasteiger partial charge is 0.119 e. The minimum absolute atomic E-state index is 0.861. The Kier molecular flexibility index (Phi) is 2.19. The van der Waals surface area contributed by atoms with Crippen molar-refractivity contribution >= 4 is 0 Å². The van der Waals surface area contributed by atoms with Crippen molar-refractivity contribution in [3.05, 3.63) is 29.3 Å². The number of aryl methyl sites for hydroxylation is 1. The van der Waals surface area contributed by atoms with Crippen LogP contribution in [0.5, 0.6) is 5.75 Å². The van der Waals surface area contributed by atoms with Crippen molar-refractivity contribution in [2.75, 3.05) is 7.11 Å². The third kappa shape index (κ3) is 1.64. The molecule has 0 radical (unpaired) electrons. The van der Waals surface area contributed by atoms with Gasteiger partial charge in [-0.3, -0.25) is 0 Å². The fraction of sp³-hybridized carbons (Fsp3) is 0.571. The van der Waals surface area contributed by atoms with E-state index in [2.05, 4.69) is 18.2 Å². The molecule has 0 saturated heterocycles. The van der Waals surface area contributed by atoms with Crippen LogP contribution in [-0.2, 0) is 6.42 Å². The van der Waals surface area contributed by atoms with Gasteiger partial charge in [0.25, 0.3) is 0 Å². The van der Waals surface area contributed by atoms with Gasteiger partial charge in [-0.2, -0.15) is 0 Å². The van der Waals surface area contributed by atoms with Crippen molar-refractivity contribution < 1.29 is 4.74 Å². The molecule has 1 heteroatoms. The van der Waals surface area contributed by atoms with Gasteiger partial charge in [-0.05, 0) is 67.2 Å². The van der Waals surface area contributed by atoms with E-state index in [9.17, 15) is 0 Å². The summed E-state index contributed by atoms with van der Waals surface area (Å²) in [6.07, 6.45) is 6.92. The molecule has 1 fully saturated rings. The molecule has 1 saturated carbocycles. The number of hydrogen-bond donors (Lipinski definition) is 0. The molecule has 2 aliphatic carbocycles. The third-order valence-electron chi connectivity index (χ3n) is 3.90. The van der Waals surface area contributed by atoms with Gasteiger partial charge in [0.2, 0.25) is 0 Å². The average Bonchev–Trinajstić information content (AvgIpc) is 3.11. The Balaban J connectivity index is 1.96. The molecule has 15 heavy (non-hydrogen) atoms. The van der Waals surface area contributed by atoms with E-state index in [1.807, 2.05) is 0 Å². The topological polar surface area (TPSA) is 9.23 Å². The van der Waals surface area contributed by atoms with Gasteiger partial charge >= 0.3 is 0 Å². The predicted octanol–water partition coefficient (Wildman–Crippen LogP) is 3.53. The van der Waals surface area contributed by atoms with Gasteiger partial charge in [-0.1, -0.05) is 6.07 Å². The lowest BCUT2D eigenvalue weighted by Gasteiger charge is -2.25. The van der Waals surface area contributed by atoms with Gasteiger partial charge in [0, 0.05) is 0 Å². The molecular weight excluding hydrogens is 184 g/mol. The van der Waals surface area contributed by atoms with Crippen molar-refractivity contribution in [1.29, 1.82) is 0 Å². The fourth-order valence-electron chi connectivity index (χ4n) is 2.94. The van der Waals surface area contributed by atoms with E-state index >= 15 is 0 Å². The zero-order chi connectivity index (χ0) is 10.3. The van der Waals surface area contributed by atoms with E-state index in [0.29, 0.717) is 0 Å². The minimum Gasteiger partial charge on any atom is -0.497 e. The van der Waals surface area contributed by atoms with E-state index < -0.39 is 0 Å². The Morgan fingerprint density at radius 1 is 1.20 bits per heavy atom. The maximum atomic E-state index is 5.29. The number of rotatable bonds is 2. The van der Waals surface area contributed by atoms with E-state index in [1.54, 1.807) is 12.7 Å². The minimum atomic E-state index is 0.861. The molecule has 1 unspecified atom stereocenters. The summed E-state index contributed by atoms with van der Waals surface area (Å²) in [5.74, 6) is 2.88. The summed E-state index contributed by atoms with van der Waals surface area (Å²) in [6, 6.07) is 6.67. The van der Waals surface area contributed by atoms with Crippen LogP contribution < -0.4 is 4.74 Å². The van der Waals surface area contributed by atoms with Crippen LogP contribution in [0.3, 0.4) is 0 Å². The van der Waals surface area contributed by atoms with Crippen molar-refractivity contribution in [1.82, 2.24) is 0 Å². The summed E-state index contributed by atoms with van der Waals surface area (Å²) >= 11 is 0. The Bertz CT molecular complexity index is 366. The molecule has 1 atom stereocenters. The Morgan fingerprint density at radius 2 is 2.07 bits per heavy atom. The van der Waals surface area contributed by atoms with Crippen LogP contribution in [-0.4, -0.2) is 7.11 Å². The number of benzene rings is 1. The summed E-state index contributed by atoms with van der Waals surface area (Å²) < 4.78 is 5.29. The lowest BCUT2D eigenvalue weighted by Crippen LogP contribution is -2.11. The van der Waals surface area contributed by atoms with E-state index in [0.717, 1.165) is 17.6 Å². The SMILES string of the molecule is COc1ccc2c(c1)CCCC2C1CC1. The quantitative estimate of drug-likeness (QED) is 0.713. The monoisotopic (exact) mass is 202 g/mol. The first kappa shape index (κ1) is 9.26. The highest BCUT2D eigenvalue weighted by Crippen LogP contribution is 2.48. The van der Waals surface area contributed by atoms with Gasteiger partial charge in [0.1, 0.15) is 5.75 Å². The molecule has 3 rings (SSSR count). The van der Waals surface area contributed by atoms with Crippen molar-refractivity contribution in [3.63, 3.8) is 0 Å². The van der Waals surface area contributed by atoms with Crippen LogP contribution in [0.2, 0.25) is 0 Å². The number of ether oxygens (including phenoxy) is 1. The third-order valence-corrected chi connectivity index (χ3v) is 3.90. The fourth-order valence-corrected chi connectivity index (χ4v) is 2.94. The second-order valence-electron chi connectivity index (χ2n) is 4.90. The highest BCUT2D eigenvalue weighted by molar-refractivity contribution is 5.40. The Hall–Kier alpha value is -0.980. The van der Waals surface area contributed by atoms with Crippen LogP contribution in [0.4, 0.5) is 0 Å². The first-order chi connectivity index (χ1) is 7.38. The van der Waals surface area contributed by atoms with Gasteiger partial charge in [-0.25, -0.2) is 0 Å². The maximum Gasteiger partial charge on any atom is 0.119 e. The summed E-state index contributed by atoms with van der Waals surface area (Å²) in [5, 5.41) is 0. The average molecular weight is 202 g/mol. The lowest BCUT2D eigenvalue weighted by molar-refractivity contribution is 0.412. The molecule has 0 amide bonds. The van der Waals surface area contributed by atoms with E-state index in [-0.39, 0.29) is 0 Å². The lowest BCUT2D eigenvalue weighted by atomic mass is 9.80. The van der Waals surface area contributed by atoms with Gasteiger partial charge in [0.15, 0.2) is 0 Å². The van der Waals surface area contributed by atoms with Crippen molar-refractivity contribution in [2.45, 2.75) is 38.0 Å². The van der Waals surface area contributed by atoms with Crippen LogP contribution in [0, 0.1) is 5.92 Å². The second-order valence-corrected chi connectivity index (χ2v) is 4.90. The molecular formula is C14H18O. The van der Waals surface area contributed by atoms with Gasteiger partial charge in [0.05, 0.1) is 7.11 Å². The first-order valence-electron chi connectivity index (χ1n) is 6.05. The number of methoxy groups -OCH3 is 1. The molecule has 0 spiro atoms. The molecule has 1 nitrogen and oxygen atoms in total. The molecule has 80 valence electrons.